The molecule has 19 heavy (non-hydrogen) atoms. The molecule has 0 heterocycles. The Balaban J connectivity index is 2.86. The van der Waals surface area contributed by atoms with E-state index in [4.69, 9.17) is 5.11 Å². The number of carboxylic acids is 1. The molecule has 1 rings (SSSR count). The van der Waals surface area contributed by atoms with E-state index in [-0.39, 0.29) is 24.6 Å². The van der Waals surface area contributed by atoms with Crippen molar-refractivity contribution in [2.24, 2.45) is 0 Å². The third kappa shape index (κ3) is 5.10. The van der Waals surface area contributed by atoms with Crippen LogP contribution < -0.4 is 5.32 Å². The predicted molar refractivity (Wildman–Crippen MR) is 69.1 cm³/mol. The summed E-state index contributed by atoms with van der Waals surface area (Å²) in [5, 5.41) is 11.2. The summed E-state index contributed by atoms with van der Waals surface area (Å²) in [6.45, 7) is 1.64. The monoisotopic (exact) mass is 339 g/mol. The van der Waals surface area contributed by atoms with E-state index in [1.165, 1.54) is 12.1 Å². The molecule has 0 aromatic heterocycles. The van der Waals surface area contributed by atoms with Crippen molar-refractivity contribution in [1.29, 1.82) is 0 Å². The molecule has 3 nitrogen and oxygen atoms in total. The number of hydrogen-bond donors (Lipinski definition) is 2. The molecule has 1 aromatic rings. The van der Waals surface area contributed by atoms with Crippen molar-refractivity contribution in [2.45, 2.75) is 32.0 Å². The molecule has 0 aliphatic carbocycles. The van der Waals surface area contributed by atoms with E-state index in [1.54, 1.807) is 6.92 Å². The second kappa shape index (κ2) is 6.27. The Labute approximate surface area is 116 Å². The summed E-state index contributed by atoms with van der Waals surface area (Å²) in [5.74, 6) is -0.972. The molecule has 0 saturated heterocycles. The van der Waals surface area contributed by atoms with Crippen LogP contribution >= 0.6 is 15.9 Å². The van der Waals surface area contributed by atoms with Gasteiger partial charge >= 0.3 is 12.1 Å². The van der Waals surface area contributed by atoms with Crippen LogP contribution in [0.5, 0.6) is 0 Å². The number of anilines is 1. The lowest BCUT2D eigenvalue weighted by molar-refractivity contribution is -0.138. The topological polar surface area (TPSA) is 49.3 Å². The lowest BCUT2D eigenvalue weighted by Gasteiger charge is -2.19. The number of carboxylic acid groups (broad SMARTS) is 1. The highest BCUT2D eigenvalue weighted by Gasteiger charge is 2.33. The smallest absolute Gasteiger partial charge is 0.418 e. The first kappa shape index (κ1) is 15.8. The van der Waals surface area contributed by atoms with Gasteiger partial charge in [0.1, 0.15) is 0 Å². The average molecular weight is 340 g/mol. The number of alkyl halides is 3. The van der Waals surface area contributed by atoms with Crippen LogP contribution in [0.1, 0.15) is 25.3 Å². The Morgan fingerprint density at radius 2 is 2.11 bits per heavy atom. The maximum atomic E-state index is 12.8. The van der Waals surface area contributed by atoms with Crippen molar-refractivity contribution >= 4 is 27.6 Å². The van der Waals surface area contributed by atoms with Crippen LogP contribution in [0.15, 0.2) is 22.7 Å². The lowest BCUT2D eigenvalue weighted by atomic mass is 10.1. The Hall–Kier alpha value is -1.24. The largest absolute Gasteiger partial charge is 0.481 e. The zero-order valence-corrected chi connectivity index (χ0v) is 11.7. The molecule has 2 N–H and O–H groups in total. The minimum Gasteiger partial charge on any atom is -0.481 e. The fourth-order valence-corrected chi connectivity index (χ4v) is 1.92. The van der Waals surface area contributed by atoms with Crippen LogP contribution in [0.2, 0.25) is 0 Å². The van der Waals surface area contributed by atoms with E-state index in [1.807, 2.05) is 0 Å². The van der Waals surface area contributed by atoms with Gasteiger partial charge < -0.3 is 10.4 Å². The van der Waals surface area contributed by atoms with Gasteiger partial charge in [-0.05, 0) is 31.5 Å². The third-order valence-corrected chi connectivity index (χ3v) is 2.97. The van der Waals surface area contributed by atoms with Gasteiger partial charge in [-0.1, -0.05) is 15.9 Å². The van der Waals surface area contributed by atoms with Gasteiger partial charge in [0.05, 0.1) is 5.56 Å². The first-order valence-corrected chi connectivity index (χ1v) is 6.34. The van der Waals surface area contributed by atoms with Gasteiger partial charge in [-0.3, -0.25) is 4.79 Å². The molecule has 0 fully saturated rings. The van der Waals surface area contributed by atoms with Crippen molar-refractivity contribution in [2.75, 3.05) is 5.32 Å². The molecule has 0 bridgehead atoms. The molecular formula is C12H13BrF3NO2. The van der Waals surface area contributed by atoms with Crippen LogP contribution in [0.3, 0.4) is 0 Å². The average Bonchev–Trinajstić information content (AvgIpc) is 2.27. The zero-order valence-electron chi connectivity index (χ0n) is 10.1. The van der Waals surface area contributed by atoms with Crippen LogP contribution in [0, 0.1) is 0 Å². The minimum absolute atomic E-state index is 0.0476. The maximum Gasteiger partial charge on any atom is 0.418 e. The summed E-state index contributed by atoms with van der Waals surface area (Å²) in [6.07, 6.45) is -4.30. The van der Waals surface area contributed by atoms with Crippen molar-refractivity contribution < 1.29 is 23.1 Å². The SMILES string of the molecule is CC(CCC(=O)O)Nc1ccc(Br)cc1C(F)(F)F. The second-order valence-electron chi connectivity index (χ2n) is 4.17. The molecule has 0 radical (unpaired) electrons. The predicted octanol–water partition coefficient (Wildman–Crippen LogP) is 4.13. The molecule has 0 spiro atoms. The summed E-state index contributed by atoms with van der Waals surface area (Å²) in [7, 11) is 0. The Bertz CT molecular complexity index is 463. The molecular weight excluding hydrogens is 327 g/mol. The van der Waals surface area contributed by atoms with E-state index < -0.39 is 17.7 Å². The molecule has 0 saturated carbocycles. The standard InChI is InChI=1S/C12H13BrF3NO2/c1-7(2-5-11(18)19)17-10-4-3-8(13)6-9(10)12(14,15)16/h3-4,6-7,17H,2,5H2,1H3,(H,18,19). The zero-order chi connectivity index (χ0) is 14.6. The first-order chi connectivity index (χ1) is 8.70. The van der Waals surface area contributed by atoms with Gasteiger partial charge in [0.2, 0.25) is 0 Å². The highest BCUT2D eigenvalue weighted by Crippen LogP contribution is 2.36. The molecule has 1 aromatic carbocycles. The Morgan fingerprint density at radius 3 is 2.63 bits per heavy atom. The fraction of sp³-hybridized carbons (Fsp3) is 0.417. The molecule has 7 heteroatoms. The van der Waals surface area contributed by atoms with E-state index in [0.29, 0.717) is 4.47 Å². The number of benzene rings is 1. The fourth-order valence-electron chi connectivity index (χ4n) is 1.55. The number of aliphatic carboxylic acids is 1. The van der Waals surface area contributed by atoms with Crippen molar-refractivity contribution in [1.82, 2.24) is 0 Å². The van der Waals surface area contributed by atoms with E-state index in [9.17, 15) is 18.0 Å². The molecule has 1 unspecified atom stereocenters. The van der Waals surface area contributed by atoms with Crippen molar-refractivity contribution in [3.63, 3.8) is 0 Å². The Kier molecular flexibility index (Phi) is 5.22. The molecule has 106 valence electrons. The molecule has 0 aliphatic heterocycles. The van der Waals surface area contributed by atoms with Crippen LogP contribution in [-0.4, -0.2) is 17.1 Å². The number of hydrogen-bond acceptors (Lipinski definition) is 2. The van der Waals surface area contributed by atoms with Crippen LogP contribution in [-0.2, 0) is 11.0 Å². The third-order valence-electron chi connectivity index (χ3n) is 2.48. The summed E-state index contributed by atoms with van der Waals surface area (Å²) in [5.41, 5.74) is -0.822. The summed E-state index contributed by atoms with van der Waals surface area (Å²) >= 11 is 3.00. The first-order valence-electron chi connectivity index (χ1n) is 5.55. The molecule has 0 amide bonds. The number of nitrogens with one attached hydrogen (secondary N) is 1. The highest BCUT2D eigenvalue weighted by atomic mass is 79.9. The van der Waals surface area contributed by atoms with Gasteiger partial charge in [0, 0.05) is 22.6 Å². The van der Waals surface area contributed by atoms with Gasteiger partial charge in [0.15, 0.2) is 0 Å². The lowest BCUT2D eigenvalue weighted by Crippen LogP contribution is -2.19. The second-order valence-corrected chi connectivity index (χ2v) is 5.08. The van der Waals surface area contributed by atoms with E-state index in [0.717, 1.165) is 6.07 Å². The van der Waals surface area contributed by atoms with Gasteiger partial charge in [0.25, 0.3) is 0 Å². The minimum atomic E-state index is -4.46. The quantitative estimate of drug-likeness (QED) is 0.847. The van der Waals surface area contributed by atoms with Crippen LogP contribution in [0.4, 0.5) is 18.9 Å². The van der Waals surface area contributed by atoms with E-state index in [2.05, 4.69) is 21.2 Å². The van der Waals surface area contributed by atoms with E-state index >= 15 is 0 Å². The summed E-state index contributed by atoms with van der Waals surface area (Å²) in [6, 6.07) is 3.45. The summed E-state index contributed by atoms with van der Waals surface area (Å²) in [4.78, 5) is 10.4. The summed E-state index contributed by atoms with van der Waals surface area (Å²) < 4.78 is 38.9. The van der Waals surface area contributed by atoms with Gasteiger partial charge in [-0.15, -0.1) is 0 Å². The van der Waals surface area contributed by atoms with Gasteiger partial charge in [-0.25, -0.2) is 0 Å². The molecule has 1 atom stereocenters. The molecule has 0 aliphatic rings. The normalized spacial score (nSPS) is 13.1. The van der Waals surface area contributed by atoms with Crippen molar-refractivity contribution in [3.8, 4) is 0 Å². The number of rotatable bonds is 5. The van der Waals surface area contributed by atoms with Crippen molar-refractivity contribution in [3.05, 3.63) is 28.2 Å². The highest BCUT2D eigenvalue weighted by molar-refractivity contribution is 9.10. The van der Waals surface area contributed by atoms with Crippen LogP contribution in [0.25, 0.3) is 0 Å². The van der Waals surface area contributed by atoms with Gasteiger partial charge in [-0.2, -0.15) is 13.2 Å². The Morgan fingerprint density at radius 1 is 1.47 bits per heavy atom. The number of halogens is 4. The maximum absolute atomic E-state index is 12.8. The number of carbonyl (C=O) groups is 1.